The Morgan fingerprint density at radius 1 is 0.971 bits per heavy atom. The molecule has 0 unspecified atom stereocenters. The van der Waals surface area contributed by atoms with Crippen molar-refractivity contribution in [1.82, 2.24) is 4.90 Å². The molecular formula is C24H20ClF3N2O3S. The first-order valence-corrected chi connectivity index (χ1v) is 12.2. The van der Waals surface area contributed by atoms with Crippen molar-refractivity contribution in [3.8, 4) is 0 Å². The van der Waals surface area contributed by atoms with E-state index in [4.69, 9.17) is 11.6 Å². The van der Waals surface area contributed by atoms with Crippen molar-refractivity contribution in [2.45, 2.75) is 24.0 Å². The Morgan fingerprint density at radius 3 is 2.29 bits per heavy atom. The van der Waals surface area contributed by atoms with Gasteiger partial charge in [-0.25, -0.2) is 8.42 Å². The van der Waals surface area contributed by atoms with Gasteiger partial charge < -0.3 is 4.90 Å². The van der Waals surface area contributed by atoms with Gasteiger partial charge in [0.1, 0.15) is 6.54 Å². The van der Waals surface area contributed by atoms with E-state index in [9.17, 15) is 26.4 Å². The van der Waals surface area contributed by atoms with Crippen molar-refractivity contribution in [1.29, 1.82) is 0 Å². The standard InChI is InChI=1S/C24H20ClF3N2O3S/c25-22-11-10-19(14-21(22)24(26,27)28)30(34(32,33)20-8-2-1-3-9-20)16-23(31)29-13-12-17-6-4-5-7-18(17)15-29/h1-11,14H,12-13,15-16H2. The van der Waals surface area contributed by atoms with Gasteiger partial charge in [-0.15, -0.1) is 0 Å². The maximum atomic E-state index is 13.5. The van der Waals surface area contributed by atoms with E-state index in [1.54, 1.807) is 6.07 Å². The van der Waals surface area contributed by atoms with Crippen LogP contribution in [0.3, 0.4) is 0 Å². The van der Waals surface area contributed by atoms with Crippen molar-refractivity contribution in [2.75, 3.05) is 17.4 Å². The predicted octanol–water partition coefficient (Wildman–Crippen LogP) is 5.14. The SMILES string of the molecule is O=C(CN(c1ccc(Cl)c(C(F)(F)F)c1)S(=O)(=O)c1ccccc1)N1CCc2ccccc2C1. The van der Waals surface area contributed by atoms with Gasteiger partial charge in [0.15, 0.2) is 0 Å². The Balaban J connectivity index is 1.72. The smallest absolute Gasteiger partial charge is 0.336 e. The zero-order valence-electron chi connectivity index (χ0n) is 17.8. The van der Waals surface area contributed by atoms with E-state index < -0.39 is 39.2 Å². The molecule has 3 aromatic rings. The molecule has 0 aromatic heterocycles. The van der Waals surface area contributed by atoms with Crippen LogP contribution >= 0.6 is 11.6 Å². The number of alkyl halides is 3. The first-order chi connectivity index (χ1) is 16.1. The minimum atomic E-state index is -4.80. The molecule has 3 aromatic carbocycles. The Labute approximate surface area is 200 Å². The topological polar surface area (TPSA) is 57.7 Å². The second kappa shape index (κ2) is 9.31. The van der Waals surface area contributed by atoms with Gasteiger partial charge in [0, 0.05) is 13.1 Å². The summed E-state index contributed by atoms with van der Waals surface area (Å²) in [4.78, 5) is 14.6. The predicted molar refractivity (Wildman–Crippen MR) is 123 cm³/mol. The number of hydrogen-bond acceptors (Lipinski definition) is 3. The van der Waals surface area contributed by atoms with E-state index in [1.165, 1.54) is 29.2 Å². The van der Waals surface area contributed by atoms with E-state index >= 15 is 0 Å². The lowest BCUT2D eigenvalue weighted by Gasteiger charge is -2.32. The van der Waals surface area contributed by atoms with Crippen LogP contribution < -0.4 is 4.31 Å². The van der Waals surface area contributed by atoms with Gasteiger partial charge in [0.2, 0.25) is 5.91 Å². The summed E-state index contributed by atoms with van der Waals surface area (Å²) in [5, 5.41) is -0.563. The maximum absolute atomic E-state index is 13.5. The van der Waals surface area contributed by atoms with Crippen molar-refractivity contribution >= 4 is 33.2 Å². The molecule has 34 heavy (non-hydrogen) atoms. The van der Waals surface area contributed by atoms with Gasteiger partial charge in [0.05, 0.1) is 21.2 Å². The molecule has 0 saturated carbocycles. The number of halogens is 4. The number of amides is 1. The molecule has 0 radical (unpaired) electrons. The quantitative estimate of drug-likeness (QED) is 0.479. The second-order valence-corrected chi connectivity index (χ2v) is 10.1. The summed E-state index contributed by atoms with van der Waals surface area (Å²) in [6, 6.07) is 17.7. The van der Waals surface area contributed by atoms with Crippen LogP contribution in [-0.4, -0.2) is 32.3 Å². The molecule has 0 atom stereocenters. The summed E-state index contributed by atoms with van der Waals surface area (Å²) in [5.74, 6) is -0.516. The molecular weight excluding hydrogens is 489 g/mol. The van der Waals surface area contributed by atoms with Gasteiger partial charge in [-0.1, -0.05) is 54.1 Å². The highest BCUT2D eigenvalue weighted by Crippen LogP contribution is 2.38. The summed E-state index contributed by atoms with van der Waals surface area (Å²) in [7, 11) is -4.35. The normalized spacial score (nSPS) is 13.9. The number of benzene rings is 3. The molecule has 10 heteroatoms. The van der Waals surface area contributed by atoms with Crippen LogP contribution in [0, 0.1) is 0 Å². The summed E-state index contributed by atoms with van der Waals surface area (Å²) in [5.41, 5.74) is 0.573. The summed E-state index contributed by atoms with van der Waals surface area (Å²) < 4.78 is 68.0. The summed E-state index contributed by atoms with van der Waals surface area (Å²) in [6.45, 7) is 0.0183. The molecule has 1 aliphatic rings. The molecule has 0 N–H and O–H groups in total. The minimum Gasteiger partial charge on any atom is -0.336 e. The van der Waals surface area contributed by atoms with E-state index in [-0.39, 0.29) is 10.6 Å². The van der Waals surface area contributed by atoms with Crippen LogP contribution in [0.25, 0.3) is 0 Å². The van der Waals surface area contributed by atoms with Gasteiger partial charge in [-0.3, -0.25) is 9.10 Å². The molecule has 0 bridgehead atoms. The zero-order chi connectivity index (χ0) is 24.5. The molecule has 1 heterocycles. The fourth-order valence-corrected chi connectivity index (χ4v) is 5.50. The second-order valence-electron chi connectivity index (χ2n) is 7.82. The first kappa shape index (κ1) is 24.1. The van der Waals surface area contributed by atoms with Crippen LogP contribution in [-0.2, 0) is 34.0 Å². The molecule has 178 valence electrons. The molecule has 1 aliphatic heterocycles. The third kappa shape index (κ3) is 4.90. The largest absolute Gasteiger partial charge is 0.417 e. The van der Waals surface area contributed by atoms with Crippen molar-refractivity contribution in [2.24, 2.45) is 0 Å². The molecule has 0 aliphatic carbocycles. The first-order valence-electron chi connectivity index (χ1n) is 10.4. The lowest BCUT2D eigenvalue weighted by molar-refractivity contribution is -0.137. The average molecular weight is 509 g/mol. The number of rotatable bonds is 5. The molecule has 4 rings (SSSR count). The molecule has 1 amide bonds. The third-order valence-electron chi connectivity index (χ3n) is 5.64. The fraction of sp³-hybridized carbons (Fsp3) is 0.208. The monoisotopic (exact) mass is 508 g/mol. The van der Waals surface area contributed by atoms with Gasteiger partial charge in [-0.2, -0.15) is 13.2 Å². The number of nitrogens with zero attached hydrogens (tertiary/aromatic N) is 2. The van der Waals surface area contributed by atoms with E-state index in [1.807, 2.05) is 24.3 Å². The number of fused-ring (bicyclic) bond motifs is 1. The number of carbonyl (C=O) groups is 1. The Hall–Kier alpha value is -3.04. The maximum Gasteiger partial charge on any atom is 0.417 e. The van der Waals surface area contributed by atoms with E-state index in [0.29, 0.717) is 29.9 Å². The summed E-state index contributed by atoms with van der Waals surface area (Å²) in [6.07, 6.45) is -4.19. The van der Waals surface area contributed by atoms with Crippen molar-refractivity contribution in [3.05, 3.63) is 94.5 Å². The minimum absolute atomic E-state index is 0.143. The van der Waals surface area contributed by atoms with E-state index in [2.05, 4.69) is 0 Å². The van der Waals surface area contributed by atoms with Gasteiger partial charge in [0.25, 0.3) is 10.0 Å². The van der Waals surface area contributed by atoms with Crippen molar-refractivity contribution in [3.63, 3.8) is 0 Å². The fourth-order valence-electron chi connectivity index (χ4n) is 3.85. The average Bonchev–Trinajstić information content (AvgIpc) is 2.82. The third-order valence-corrected chi connectivity index (χ3v) is 7.75. The lowest BCUT2D eigenvalue weighted by Crippen LogP contribution is -2.44. The molecule has 0 saturated heterocycles. The summed E-state index contributed by atoms with van der Waals surface area (Å²) >= 11 is 5.73. The Kier molecular flexibility index (Phi) is 6.60. The highest BCUT2D eigenvalue weighted by Gasteiger charge is 2.36. The number of sulfonamides is 1. The number of carbonyl (C=O) groups excluding carboxylic acids is 1. The molecule has 5 nitrogen and oxygen atoms in total. The van der Waals surface area contributed by atoms with Crippen molar-refractivity contribution < 1.29 is 26.4 Å². The number of hydrogen-bond donors (Lipinski definition) is 0. The highest BCUT2D eigenvalue weighted by atomic mass is 35.5. The van der Waals surface area contributed by atoms with Crippen LogP contribution in [0.4, 0.5) is 18.9 Å². The van der Waals surface area contributed by atoms with E-state index in [0.717, 1.165) is 23.3 Å². The Morgan fingerprint density at radius 2 is 1.62 bits per heavy atom. The van der Waals surface area contributed by atoms with Crippen LogP contribution in [0.2, 0.25) is 5.02 Å². The molecule has 0 spiro atoms. The highest BCUT2D eigenvalue weighted by molar-refractivity contribution is 7.92. The van der Waals surface area contributed by atoms with Gasteiger partial charge >= 0.3 is 6.18 Å². The zero-order valence-corrected chi connectivity index (χ0v) is 19.4. The lowest BCUT2D eigenvalue weighted by atomic mass is 10.00. The Bertz CT molecular complexity index is 1310. The molecule has 0 fully saturated rings. The van der Waals surface area contributed by atoms with Gasteiger partial charge in [-0.05, 0) is 47.9 Å². The number of anilines is 1. The van der Waals surface area contributed by atoms with Crippen LogP contribution in [0.5, 0.6) is 0 Å². The van der Waals surface area contributed by atoms with Crippen LogP contribution in [0.1, 0.15) is 16.7 Å². The van der Waals surface area contributed by atoms with Crippen LogP contribution in [0.15, 0.2) is 77.7 Å².